The Morgan fingerprint density at radius 2 is 1.95 bits per heavy atom. The molecule has 0 saturated heterocycles. The number of nitrogens with zero attached hydrogens (tertiary/aromatic N) is 1. The Bertz CT molecular complexity index is 571. The van der Waals surface area contributed by atoms with Crippen molar-refractivity contribution in [1.29, 1.82) is 0 Å². The molecule has 4 nitrogen and oxygen atoms in total. The van der Waals surface area contributed by atoms with Crippen LogP contribution in [0.15, 0.2) is 48.7 Å². The van der Waals surface area contributed by atoms with Gasteiger partial charge >= 0.3 is 0 Å². The topological polar surface area (TPSA) is 68.0 Å². The molecule has 1 aromatic carbocycles. The smallest absolute Gasteiger partial charge is 0.229 e. The fourth-order valence-electron chi connectivity index (χ4n) is 1.83. The molecule has 104 valence electrons. The van der Waals surface area contributed by atoms with E-state index in [1.807, 2.05) is 30.3 Å². The largest absolute Gasteiger partial charge is 0.324 e. The maximum atomic E-state index is 12.7. The highest BCUT2D eigenvalue weighted by Crippen LogP contribution is 2.20. The minimum absolute atomic E-state index is 0.227. The van der Waals surface area contributed by atoms with Gasteiger partial charge in [0.05, 0.1) is 17.8 Å². The van der Waals surface area contributed by atoms with Crippen molar-refractivity contribution in [1.82, 2.24) is 4.98 Å². The number of aromatic nitrogens is 1. The maximum Gasteiger partial charge on any atom is 0.229 e. The van der Waals surface area contributed by atoms with Gasteiger partial charge in [0.2, 0.25) is 11.9 Å². The molecule has 0 saturated carbocycles. The highest BCUT2D eigenvalue weighted by molar-refractivity contribution is 5.92. The van der Waals surface area contributed by atoms with Gasteiger partial charge in [0.1, 0.15) is 0 Å². The van der Waals surface area contributed by atoms with Gasteiger partial charge in [-0.25, -0.2) is 4.98 Å². The molecule has 1 aromatic heterocycles. The first-order valence-electron chi connectivity index (χ1n) is 6.31. The number of amides is 1. The average molecular weight is 273 g/mol. The van der Waals surface area contributed by atoms with Gasteiger partial charge in [0, 0.05) is 6.04 Å². The molecule has 3 N–H and O–H groups in total. The molecule has 2 aromatic rings. The zero-order valence-corrected chi connectivity index (χ0v) is 11.1. The van der Waals surface area contributed by atoms with Gasteiger partial charge in [0.15, 0.2) is 0 Å². The third-order valence-electron chi connectivity index (χ3n) is 3.13. The van der Waals surface area contributed by atoms with E-state index in [1.165, 1.54) is 18.3 Å². The van der Waals surface area contributed by atoms with E-state index >= 15 is 0 Å². The first-order valence-corrected chi connectivity index (χ1v) is 6.31. The van der Waals surface area contributed by atoms with Crippen LogP contribution in [0.3, 0.4) is 0 Å². The van der Waals surface area contributed by atoms with Crippen LogP contribution in [-0.4, -0.2) is 10.9 Å². The zero-order valence-electron chi connectivity index (χ0n) is 11.1. The Labute approximate surface area is 116 Å². The van der Waals surface area contributed by atoms with Crippen LogP contribution in [0.1, 0.15) is 18.5 Å². The molecule has 0 aliphatic carbocycles. The van der Waals surface area contributed by atoms with E-state index in [-0.39, 0.29) is 5.91 Å². The van der Waals surface area contributed by atoms with Crippen LogP contribution in [0.5, 0.6) is 0 Å². The number of carbonyl (C=O) groups is 1. The molecule has 0 aliphatic heterocycles. The quantitative estimate of drug-likeness (QED) is 0.841. The molecular weight excluding hydrogens is 257 g/mol. The summed E-state index contributed by atoms with van der Waals surface area (Å²) < 4.78 is 12.7. The van der Waals surface area contributed by atoms with Crippen molar-refractivity contribution in [2.75, 3.05) is 5.32 Å². The lowest BCUT2D eigenvalue weighted by Crippen LogP contribution is -2.30. The van der Waals surface area contributed by atoms with Crippen molar-refractivity contribution in [2.45, 2.75) is 13.0 Å². The Kier molecular flexibility index (Phi) is 4.42. The summed E-state index contributed by atoms with van der Waals surface area (Å²) in [6.45, 7) is 1.75. The molecule has 0 radical (unpaired) electrons. The summed E-state index contributed by atoms with van der Waals surface area (Å²) in [6, 6.07) is 11.7. The minimum atomic E-state index is -0.586. The summed E-state index contributed by atoms with van der Waals surface area (Å²) in [6.07, 6.45) is 1.27. The van der Waals surface area contributed by atoms with Crippen LogP contribution >= 0.6 is 0 Å². The number of nitrogens with two attached hydrogens (primary N) is 1. The lowest BCUT2D eigenvalue weighted by atomic mass is 9.94. The van der Waals surface area contributed by atoms with E-state index < -0.39 is 17.9 Å². The number of rotatable bonds is 4. The van der Waals surface area contributed by atoms with Crippen molar-refractivity contribution >= 4 is 11.6 Å². The maximum absolute atomic E-state index is 12.7. The van der Waals surface area contributed by atoms with E-state index in [2.05, 4.69) is 10.3 Å². The van der Waals surface area contributed by atoms with Crippen molar-refractivity contribution < 1.29 is 9.18 Å². The summed E-state index contributed by atoms with van der Waals surface area (Å²) in [5, 5.41) is 2.67. The summed E-state index contributed by atoms with van der Waals surface area (Å²) in [5.41, 5.74) is 7.42. The average Bonchev–Trinajstić information content (AvgIpc) is 2.49. The summed E-state index contributed by atoms with van der Waals surface area (Å²) >= 11 is 0. The molecule has 0 bridgehead atoms. The molecule has 5 heteroatoms. The first-order chi connectivity index (χ1) is 9.58. The third kappa shape index (κ3) is 3.39. The minimum Gasteiger partial charge on any atom is -0.324 e. The normalized spacial score (nSPS) is 13.6. The second kappa shape index (κ2) is 6.25. The predicted octanol–water partition coefficient (Wildman–Crippen LogP) is 2.50. The second-order valence-corrected chi connectivity index (χ2v) is 4.58. The van der Waals surface area contributed by atoms with Gasteiger partial charge in [-0.05, 0) is 17.7 Å². The Hall–Kier alpha value is -2.27. The van der Waals surface area contributed by atoms with Gasteiger partial charge in [-0.15, -0.1) is 0 Å². The zero-order chi connectivity index (χ0) is 14.5. The van der Waals surface area contributed by atoms with E-state index in [0.717, 1.165) is 5.56 Å². The van der Waals surface area contributed by atoms with Crippen LogP contribution in [0, 0.1) is 11.9 Å². The van der Waals surface area contributed by atoms with Gasteiger partial charge < -0.3 is 11.1 Å². The molecule has 2 unspecified atom stereocenters. The number of nitrogens with one attached hydrogen (secondary N) is 1. The Morgan fingerprint density at radius 1 is 1.25 bits per heavy atom. The van der Waals surface area contributed by atoms with Crippen LogP contribution in [0.2, 0.25) is 0 Å². The van der Waals surface area contributed by atoms with E-state index in [0.29, 0.717) is 5.69 Å². The highest BCUT2D eigenvalue weighted by atomic mass is 19.1. The number of anilines is 1. The van der Waals surface area contributed by atoms with Crippen LogP contribution in [0.25, 0.3) is 0 Å². The summed E-state index contributed by atoms with van der Waals surface area (Å²) in [5.74, 6) is -1.23. The van der Waals surface area contributed by atoms with Crippen LogP contribution < -0.4 is 11.1 Å². The lowest BCUT2D eigenvalue weighted by molar-refractivity contribution is -0.120. The molecule has 0 aliphatic rings. The molecule has 20 heavy (non-hydrogen) atoms. The molecule has 2 rings (SSSR count). The van der Waals surface area contributed by atoms with Gasteiger partial charge in [-0.1, -0.05) is 37.3 Å². The molecule has 1 heterocycles. The molecule has 1 amide bonds. The molecule has 0 fully saturated rings. The van der Waals surface area contributed by atoms with E-state index in [9.17, 15) is 9.18 Å². The number of halogens is 1. The predicted molar refractivity (Wildman–Crippen MR) is 75.4 cm³/mol. The number of benzene rings is 1. The van der Waals surface area contributed by atoms with Crippen molar-refractivity contribution in [2.24, 2.45) is 11.7 Å². The van der Waals surface area contributed by atoms with Crippen LogP contribution in [0.4, 0.5) is 10.1 Å². The van der Waals surface area contributed by atoms with E-state index in [1.54, 1.807) is 6.92 Å². The molecular formula is C15H16FN3O. The van der Waals surface area contributed by atoms with Gasteiger partial charge in [0.25, 0.3) is 0 Å². The van der Waals surface area contributed by atoms with Crippen molar-refractivity contribution in [3.8, 4) is 0 Å². The van der Waals surface area contributed by atoms with Gasteiger partial charge in [-0.3, -0.25) is 4.79 Å². The number of carbonyl (C=O) groups excluding carboxylic acids is 1. The SMILES string of the molecule is CC(C(=O)Nc1ccc(F)nc1)C(N)c1ccccc1. The van der Waals surface area contributed by atoms with Gasteiger partial charge in [-0.2, -0.15) is 4.39 Å². The van der Waals surface area contributed by atoms with Crippen molar-refractivity contribution in [3.63, 3.8) is 0 Å². The van der Waals surface area contributed by atoms with Crippen LogP contribution in [-0.2, 0) is 4.79 Å². The highest BCUT2D eigenvalue weighted by Gasteiger charge is 2.22. The lowest BCUT2D eigenvalue weighted by Gasteiger charge is -2.19. The number of pyridine rings is 1. The fourth-order valence-corrected chi connectivity index (χ4v) is 1.83. The molecule has 2 atom stereocenters. The Balaban J connectivity index is 2.03. The molecule has 0 spiro atoms. The number of hydrogen-bond donors (Lipinski definition) is 2. The first kappa shape index (κ1) is 14.1. The van der Waals surface area contributed by atoms with Crippen molar-refractivity contribution in [3.05, 3.63) is 60.2 Å². The fraction of sp³-hybridized carbons (Fsp3) is 0.200. The summed E-state index contributed by atoms with van der Waals surface area (Å²) in [4.78, 5) is 15.6. The second-order valence-electron chi connectivity index (χ2n) is 4.58. The third-order valence-corrected chi connectivity index (χ3v) is 3.13. The standard InChI is InChI=1S/C15H16FN3O/c1-10(14(17)11-5-3-2-4-6-11)15(20)19-12-7-8-13(16)18-9-12/h2-10,14H,17H2,1H3,(H,19,20). The monoisotopic (exact) mass is 273 g/mol. The summed E-state index contributed by atoms with van der Waals surface area (Å²) in [7, 11) is 0. The Morgan fingerprint density at radius 3 is 2.55 bits per heavy atom. The van der Waals surface area contributed by atoms with E-state index in [4.69, 9.17) is 5.73 Å². The number of hydrogen-bond acceptors (Lipinski definition) is 3.